The van der Waals surface area contributed by atoms with Crippen LogP contribution in [0.4, 0.5) is 29.3 Å². The van der Waals surface area contributed by atoms with Gasteiger partial charge in [-0.1, -0.05) is 0 Å². The van der Waals surface area contributed by atoms with Crippen LogP contribution < -0.4 is 21.1 Å². The standard InChI is InChI=1S/C18H22F3N3O4/c1-16(2,18(19,20)21)28-15(26)24-10-3-4-13-12(7-10)23-9-11(27-13)8-17(5-6-17)14(22)25/h3-4,7,11,23H,5-6,8-9H2,1-2H3,(H2,22,25)(H,24,26)/t11-/m1/s1. The molecule has 2 amide bonds. The highest BCUT2D eigenvalue weighted by atomic mass is 19.4. The highest BCUT2D eigenvalue weighted by molar-refractivity contribution is 5.86. The molecule has 2 aliphatic rings. The number of amides is 2. The summed E-state index contributed by atoms with van der Waals surface area (Å²) in [7, 11) is 0. The first-order chi connectivity index (χ1) is 12.9. The number of alkyl halides is 3. The number of rotatable bonds is 5. The second-order valence-electron chi connectivity index (χ2n) is 7.70. The maximum atomic E-state index is 12.8. The predicted octanol–water partition coefficient (Wildman–Crippen LogP) is 3.40. The Bertz CT molecular complexity index is 791. The summed E-state index contributed by atoms with van der Waals surface area (Å²) in [6, 6.07) is 4.61. The Labute approximate surface area is 159 Å². The summed E-state index contributed by atoms with van der Waals surface area (Å²) >= 11 is 0. The molecule has 0 aromatic heterocycles. The van der Waals surface area contributed by atoms with E-state index in [0.717, 1.165) is 26.7 Å². The van der Waals surface area contributed by atoms with E-state index in [-0.39, 0.29) is 17.7 Å². The predicted molar refractivity (Wildman–Crippen MR) is 95.1 cm³/mol. The van der Waals surface area contributed by atoms with Crippen LogP contribution in [-0.2, 0) is 9.53 Å². The van der Waals surface area contributed by atoms with Gasteiger partial charge in [-0.3, -0.25) is 10.1 Å². The molecule has 28 heavy (non-hydrogen) atoms. The van der Waals surface area contributed by atoms with E-state index in [1.807, 2.05) is 0 Å². The minimum absolute atomic E-state index is 0.223. The number of primary amides is 1. The lowest BCUT2D eigenvalue weighted by Crippen LogP contribution is -2.44. The SMILES string of the molecule is CC(C)(OC(=O)Nc1ccc2c(c1)NC[C@@H](CC1(C(N)=O)CC1)O2)C(F)(F)F. The number of carbonyl (C=O) groups excluding carboxylic acids is 2. The summed E-state index contributed by atoms with van der Waals surface area (Å²) in [5.41, 5.74) is 3.18. The molecule has 3 rings (SSSR count). The van der Waals surface area contributed by atoms with Crippen LogP contribution >= 0.6 is 0 Å². The van der Waals surface area contributed by atoms with E-state index >= 15 is 0 Å². The Morgan fingerprint density at radius 1 is 1.36 bits per heavy atom. The van der Waals surface area contributed by atoms with Crippen LogP contribution in [0.15, 0.2) is 18.2 Å². The minimum Gasteiger partial charge on any atom is -0.486 e. The van der Waals surface area contributed by atoms with Crippen LogP contribution in [0, 0.1) is 5.41 Å². The molecular formula is C18H22F3N3O4. The average Bonchev–Trinajstić information content (AvgIpc) is 3.34. The molecule has 1 aromatic rings. The fourth-order valence-electron chi connectivity index (χ4n) is 2.98. The first-order valence-electron chi connectivity index (χ1n) is 8.83. The van der Waals surface area contributed by atoms with Gasteiger partial charge in [0, 0.05) is 12.1 Å². The normalized spacial score (nSPS) is 20.2. The average molecular weight is 401 g/mol. The molecule has 4 N–H and O–H groups in total. The van der Waals surface area contributed by atoms with E-state index < -0.39 is 23.3 Å². The van der Waals surface area contributed by atoms with Gasteiger partial charge in [0.2, 0.25) is 11.5 Å². The zero-order valence-electron chi connectivity index (χ0n) is 15.5. The van der Waals surface area contributed by atoms with Crippen molar-refractivity contribution < 1.29 is 32.2 Å². The van der Waals surface area contributed by atoms with Crippen molar-refractivity contribution in [3.63, 3.8) is 0 Å². The van der Waals surface area contributed by atoms with E-state index in [9.17, 15) is 22.8 Å². The van der Waals surface area contributed by atoms with Crippen LogP contribution in [0.3, 0.4) is 0 Å². The van der Waals surface area contributed by atoms with Crippen molar-refractivity contribution in [2.75, 3.05) is 17.2 Å². The smallest absolute Gasteiger partial charge is 0.427 e. The van der Waals surface area contributed by atoms with Gasteiger partial charge in [0.05, 0.1) is 17.6 Å². The summed E-state index contributed by atoms with van der Waals surface area (Å²) in [4.78, 5) is 23.3. The minimum atomic E-state index is -4.69. The Balaban J connectivity index is 1.61. The van der Waals surface area contributed by atoms with E-state index in [1.54, 1.807) is 6.07 Å². The number of benzene rings is 1. The monoisotopic (exact) mass is 401 g/mol. The first-order valence-corrected chi connectivity index (χ1v) is 8.83. The number of hydrogen-bond acceptors (Lipinski definition) is 5. The lowest BCUT2D eigenvalue weighted by Gasteiger charge is -2.30. The quantitative estimate of drug-likeness (QED) is 0.702. The maximum absolute atomic E-state index is 12.8. The third-order valence-corrected chi connectivity index (χ3v) is 5.06. The Morgan fingerprint density at radius 3 is 2.61 bits per heavy atom. The van der Waals surface area contributed by atoms with Crippen LogP contribution in [0.25, 0.3) is 0 Å². The lowest BCUT2D eigenvalue weighted by atomic mass is 9.97. The van der Waals surface area contributed by atoms with E-state index in [2.05, 4.69) is 15.4 Å². The van der Waals surface area contributed by atoms with Crippen molar-refractivity contribution in [2.45, 2.75) is 51.0 Å². The van der Waals surface area contributed by atoms with Crippen LogP contribution in [-0.4, -0.2) is 36.4 Å². The van der Waals surface area contributed by atoms with Gasteiger partial charge in [-0.2, -0.15) is 13.2 Å². The van der Waals surface area contributed by atoms with Gasteiger partial charge in [-0.25, -0.2) is 4.79 Å². The van der Waals surface area contributed by atoms with Gasteiger partial charge < -0.3 is 20.5 Å². The summed E-state index contributed by atoms with van der Waals surface area (Å²) in [5, 5.41) is 5.42. The van der Waals surface area contributed by atoms with E-state index in [1.165, 1.54) is 12.1 Å². The van der Waals surface area contributed by atoms with Crippen molar-refractivity contribution in [2.24, 2.45) is 11.1 Å². The van der Waals surface area contributed by atoms with Gasteiger partial charge >= 0.3 is 12.3 Å². The Morgan fingerprint density at radius 2 is 2.04 bits per heavy atom. The molecule has 1 saturated carbocycles. The molecule has 1 aliphatic heterocycles. The van der Waals surface area contributed by atoms with Gasteiger partial charge in [0.25, 0.3) is 0 Å². The molecule has 154 valence electrons. The Hall–Kier alpha value is -2.65. The Kier molecular flexibility index (Phi) is 4.84. The number of carbonyl (C=O) groups is 2. The second kappa shape index (κ2) is 6.75. The zero-order chi connectivity index (χ0) is 20.7. The number of nitrogens with one attached hydrogen (secondary N) is 2. The molecule has 1 heterocycles. The van der Waals surface area contributed by atoms with Crippen LogP contribution in [0.1, 0.15) is 33.1 Å². The van der Waals surface area contributed by atoms with Crippen molar-refractivity contribution >= 4 is 23.4 Å². The third-order valence-electron chi connectivity index (χ3n) is 5.06. The molecule has 1 atom stereocenters. The molecule has 1 aliphatic carbocycles. The molecular weight excluding hydrogens is 379 g/mol. The lowest BCUT2D eigenvalue weighted by molar-refractivity contribution is -0.242. The number of fused-ring (bicyclic) bond motifs is 1. The molecule has 10 heteroatoms. The number of halogens is 3. The van der Waals surface area contributed by atoms with Crippen LogP contribution in [0.5, 0.6) is 5.75 Å². The summed E-state index contributed by atoms with van der Waals surface area (Å²) in [6.07, 6.45) is -4.09. The highest BCUT2D eigenvalue weighted by Crippen LogP contribution is 2.50. The molecule has 0 spiro atoms. The molecule has 1 aromatic carbocycles. The van der Waals surface area contributed by atoms with Gasteiger partial charge in [0.15, 0.2) is 0 Å². The second-order valence-corrected chi connectivity index (χ2v) is 7.70. The number of anilines is 2. The summed E-state index contributed by atoms with van der Waals surface area (Å²) in [6.45, 7) is 1.98. The molecule has 7 nitrogen and oxygen atoms in total. The number of hydrogen-bond donors (Lipinski definition) is 3. The maximum Gasteiger partial charge on any atom is 0.427 e. The number of ether oxygens (including phenoxy) is 2. The molecule has 0 saturated heterocycles. The highest BCUT2D eigenvalue weighted by Gasteiger charge is 2.51. The van der Waals surface area contributed by atoms with Crippen molar-refractivity contribution in [3.8, 4) is 5.75 Å². The first kappa shape index (κ1) is 20.1. The topological polar surface area (TPSA) is 103 Å². The van der Waals surface area contributed by atoms with Crippen molar-refractivity contribution in [3.05, 3.63) is 18.2 Å². The fraction of sp³-hybridized carbons (Fsp3) is 0.556. The third kappa shape index (κ3) is 4.10. The molecule has 0 radical (unpaired) electrons. The molecule has 0 bridgehead atoms. The van der Waals surface area contributed by atoms with E-state index in [4.69, 9.17) is 10.5 Å². The van der Waals surface area contributed by atoms with Gasteiger partial charge in [-0.05, 0) is 44.9 Å². The fourth-order valence-corrected chi connectivity index (χ4v) is 2.98. The van der Waals surface area contributed by atoms with Gasteiger partial charge in [0.1, 0.15) is 11.9 Å². The zero-order valence-corrected chi connectivity index (χ0v) is 15.5. The molecule has 0 unspecified atom stereocenters. The molecule has 1 fully saturated rings. The van der Waals surface area contributed by atoms with Crippen LogP contribution in [0.2, 0.25) is 0 Å². The van der Waals surface area contributed by atoms with Crippen molar-refractivity contribution in [1.82, 2.24) is 0 Å². The summed E-state index contributed by atoms with van der Waals surface area (Å²) < 4.78 is 48.8. The van der Waals surface area contributed by atoms with Gasteiger partial charge in [-0.15, -0.1) is 0 Å². The van der Waals surface area contributed by atoms with E-state index in [0.29, 0.717) is 24.4 Å². The summed E-state index contributed by atoms with van der Waals surface area (Å²) in [5.74, 6) is 0.202. The number of nitrogens with two attached hydrogens (primary N) is 1. The van der Waals surface area contributed by atoms with Crippen molar-refractivity contribution in [1.29, 1.82) is 0 Å². The largest absolute Gasteiger partial charge is 0.486 e.